The molecule has 0 fully saturated rings. The number of quaternary nitrogens is 1. The Bertz CT molecular complexity index is 131. The van der Waals surface area contributed by atoms with Crippen LogP contribution in [0.5, 0.6) is 0 Å². The van der Waals surface area contributed by atoms with Gasteiger partial charge in [0.2, 0.25) is 0 Å². The van der Waals surface area contributed by atoms with Crippen molar-refractivity contribution >= 4 is 0 Å². The van der Waals surface area contributed by atoms with Crippen LogP contribution in [-0.2, 0) is 0 Å². The lowest BCUT2D eigenvalue weighted by Crippen LogP contribution is -2.51. The standard InChI is InChI=1S/C12H28NO3/c1-2-6-13(7-3-10-14,8-4-11-15)9-5-12-16/h14-16H,2-12H2,1H3/q+1. The van der Waals surface area contributed by atoms with Crippen molar-refractivity contribution in [3.63, 3.8) is 0 Å². The summed E-state index contributed by atoms with van der Waals surface area (Å²) < 4.78 is 0.929. The molecule has 0 spiro atoms. The van der Waals surface area contributed by atoms with Gasteiger partial charge < -0.3 is 19.8 Å². The van der Waals surface area contributed by atoms with Crippen molar-refractivity contribution in [2.45, 2.75) is 32.6 Å². The lowest BCUT2D eigenvalue weighted by atomic mass is 10.2. The first-order chi connectivity index (χ1) is 7.74. The average molecular weight is 234 g/mol. The fourth-order valence-electron chi connectivity index (χ4n) is 2.36. The van der Waals surface area contributed by atoms with Gasteiger partial charge in [0.05, 0.1) is 26.2 Å². The lowest BCUT2D eigenvalue weighted by molar-refractivity contribution is -0.929. The molecule has 0 heterocycles. The molecule has 0 unspecified atom stereocenters. The number of nitrogens with zero attached hydrogens (tertiary/aromatic N) is 1. The highest BCUT2D eigenvalue weighted by Crippen LogP contribution is 2.12. The molecule has 98 valence electrons. The third kappa shape index (κ3) is 6.43. The summed E-state index contributed by atoms with van der Waals surface area (Å²) in [5.74, 6) is 0. The van der Waals surface area contributed by atoms with E-state index in [0.717, 1.165) is 56.3 Å². The topological polar surface area (TPSA) is 60.7 Å². The molecule has 0 saturated heterocycles. The minimum Gasteiger partial charge on any atom is -0.396 e. The average Bonchev–Trinajstić information content (AvgIpc) is 2.31. The van der Waals surface area contributed by atoms with Crippen molar-refractivity contribution in [3.8, 4) is 0 Å². The maximum atomic E-state index is 8.94. The largest absolute Gasteiger partial charge is 0.396 e. The molecule has 16 heavy (non-hydrogen) atoms. The summed E-state index contributed by atoms with van der Waals surface area (Å²) in [6, 6.07) is 0. The van der Waals surface area contributed by atoms with E-state index in [4.69, 9.17) is 15.3 Å². The quantitative estimate of drug-likeness (QED) is 0.452. The minimum atomic E-state index is 0.224. The Kier molecular flexibility index (Phi) is 9.92. The SMILES string of the molecule is CCC[N+](CCCO)(CCCO)CCCO. The van der Waals surface area contributed by atoms with E-state index in [1.54, 1.807) is 0 Å². The zero-order valence-electron chi connectivity index (χ0n) is 10.6. The zero-order chi connectivity index (χ0) is 12.3. The first-order valence-electron chi connectivity index (χ1n) is 6.42. The molecule has 4 nitrogen and oxygen atoms in total. The van der Waals surface area contributed by atoms with E-state index in [1.165, 1.54) is 0 Å². The number of aliphatic hydroxyl groups excluding tert-OH is 3. The smallest absolute Gasteiger partial charge is 0.0808 e. The van der Waals surface area contributed by atoms with Crippen molar-refractivity contribution in [3.05, 3.63) is 0 Å². The van der Waals surface area contributed by atoms with Gasteiger partial charge in [0.15, 0.2) is 0 Å². The molecule has 0 bridgehead atoms. The summed E-state index contributed by atoms with van der Waals surface area (Å²) in [6.07, 6.45) is 3.51. The summed E-state index contributed by atoms with van der Waals surface area (Å²) >= 11 is 0. The van der Waals surface area contributed by atoms with Crippen LogP contribution >= 0.6 is 0 Å². The monoisotopic (exact) mass is 234 g/mol. The third-order valence-electron chi connectivity index (χ3n) is 3.07. The normalized spacial score (nSPS) is 12.0. The Morgan fingerprint density at radius 3 is 1.31 bits per heavy atom. The van der Waals surface area contributed by atoms with Gasteiger partial charge in [-0.1, -0.05) is 6.92 Å². The zero-order valence-corrected chi connectivity index (χ0v) is 10.6. The molecule has 0 aromatic rings. The predicted octanol–water partition coefficient (Wildman–Crippen LogP) is 0.360. The van der Waals surface area contributed by atoms with Crippen molar-refractivity contribution in [1.82, 2.24) is 0 Å². The van der Waals surface area contributed by atoms with Crippen LogP contribution in [0.15, 0.2) is 0 Å². The lowest BCUT2D eigenvalue weighted by Gasteiger charge is -2.38. The molecule has 0 aromatic heterocycles. The van der Waals surface area contributed by atoms with Gasteiger partial charge in [0.1, 0.15) is 0 Å². The maximum Gasteiger partial charge on any atom is 0.0808 e. The van der Waals surface area contributed by atoms with Gasteiger partial charge in [0.25, 0.3) is 0 Å². The Hall–Kier alpha value is -0.160. The van der Waals surface area contributed by atoms with Crippen LogP contribution in [0.4, 0.5) is 0 Å². The summed E-state index contributed by atoms with van der Waals surface area (Å²) in [5, 5.41) is 26.8. The minimum absolute atomic E-state index is 0.224. The van der Waals surface area contributed by atoms with E-state index in [2.05, 4.69) is 6.92 Å². The first kappa shape index (κ1) is 15.8. The molecule has 0 aromatic carbocycles. The second-order valence-electron chi connectivity index (χ2n) is 4.47. The number of aliphatic hydroxyl groups is 3. The second kappa shape index (κ2) is 10.0. The highest BCUT2D eigenvalue weighted by molar-refractivity contribution is 4.48. The summed E-state index contributed by atoms with van der Waals surface area (Å²) in [4.78, 5) is 0. The molecule has 0 aliphatic carbocycles. The van der Waals surface area contributed by atoms with Crippen LogP contribution in [0.3, 0.4) is 0 Å². The molecular weight excluding hydrogens is 206 g/mol. The van der Waals surface area contributed by atoms with Crippen LogP contribution < -0.4 is 0 Å². The fraction of sp³-hybridized carbons (Fsp3) is 1.00. The molecule has 0 atom stereocenters. The highest BCUT2D eigenvalue weighted by atomic mass is 16.3. The molecule has 0 saturated carbocycles. The first-order valence-corrected chi connectivity index (χ1v) is 6.42. The molecule has 0 amide bonds. The van der Waals surface area contributed by atoms with Crippen molar-refractivity contribution in [2.75, 3.05) is 46.0 Å². The predicted molar refractivity (Wildman–Crippen MR) is 65.1 cm³/mol. The van der Waals surface area contributed by atoms with Crippen LogP contribution in [0.25, 0.3) is 0 Å². The van der Waals surface area contributed by atoms with E-state index < -0.39 is 0 Å². The van der Waals surface area contributed by atoms with E-state index >= 15 is 0 Å². The molecular formula is C12H28NO3+. The molecule has 3 N–H and O–H groups in total. The van der Waals surface area contributed by atoms with Crippen molar-refractivity contribution in [1.29, 1.82) is 0 Å². The van der Waals surface area contributed by atoms with Gasteiger partial charge in [-0.3, -0.25) is 0 Å². The second-order valence-corrected chi connectivity index (χ2v) is 4.47. The van der Waals surface area contributed by atoms with E-state index in [1.807, 2.05) is 0 Å². The molecule has 0 aliphatic heterocycles. The third-order valence-corrected chi connectivity index (χ3v) is 3.07. The van der Waals surface area contributed by atoms with E-state index in [9.17, 15) is 0 Å². The van der Waals surface area contributed by atoms with Crippen LogP contribution in [0.1, 0.15) is 32.6 Å². The van der Waals surface area contributed by atoms with E-state index in [0.29, 0.717) is 0 Å². The van der Waals surface area contributed by atoms with Crippen LogP contribution in [0, 0.1) is 0 Å². The van der Waals surface area contributed by atoms with Gasteiger partial charge >= 0.3 is 0 Å². The number of hydrogen-bond acceptors (Lipinski definition) is 3. The van der Waals surface area contributed by atoms with Crippen molar-refractivity contribution in [2.24, 2.45) is 0 Å². The molecule has 0 radical (unpaired) electrons. The van der Waals surface area contributed by atoms with Gasteiger partial charge in [-0.25, -0.2) is 0 Å². The van der Waals surface area contributed by atoms with Crippen molar-refractivity contribution < 1.29 is 19.8 Å². The van der Waals surface area contributed by atoms with Crippen LogP contribution in [-0.4, -0.2) is 65.8 Å². The molecule has 0 rings (SSSR count). The Labute approximate surface area is 99.1 Å². The van der Waals surface area contributed by atoms with Gasteiger partial charge in [-0.15, -0.1) is 0 Å². The summed E-state index contributed by atoms with van der Waals surface area (Å²) in [6.45, 7) is 6.74. The van der Waals surface area contributed by atoms with E-state index in [-0.39, 0.29) is 19.8 Å². The van der Waals surface area contributed by atoms with Crippen LogP contribution in [0.2, 0.25) is 0 Å². The van der Waals surface area contributed by atoms with Gasteiger partial charge in [-0.05, 0) is 6.42 Å². The number of hydrogen-bond donors (Lipinski definition) is 3. The fourth-order valence-corrected chi connectivity index (χ4v) is 2.36. The molecule has 0 aliphatic rings. The van der Waals surface area contributed by atoms with Gasteiger partial charge in [-0.2, -0.15) is 0 Å². The highest BCUT2D eigenvalue weighted by Gasteiger charge is 2.24. The molecule has 4 heteroatoms. The number of rotatable bonds is 11. The van der Waals surface area contributed by atoms with Gasteiger partial charge in [0, 0.05) is 39.1 Å². The summed E-state index contributed by atoms with van der Waals surface area (Å²) in [7, 11) is 0. The Morgan fingerprint density at radius 1 is 0.688 bits per heavy atom. The Morgan fingerprint density at radius 2 is 1.06 bits per heavy atom. The summed E-state index contributed by atoms with van der Waals surface area (Å²) in [5.41, 5.74) is 0. The maximum absolute atomic E-state index is 8.94. The Balaban J connectivity index is 4.32.